The first-order valence-electron chi connectivity index (χ1n) is 5.05. The van der Waals surface area contributed by atoms with E-state index in [0.717, 1.165) is 0 Å². The molecule has 0 spiro atoms. The molecule has 1 aromatic heterocycles. The van der Waals surface area contributed by atoms with Crippen LogP contribution in [0.2, 0.25) is 5.15 Å². The summed E-state index contributed by atoms with van der Waals surface area (Å²) in [6, 6.07) is 1.48. The number of hydrogen-bond acceptors (Lipinski definition) is 5. The van der Waals surface area contributed by atoms with E-state index in [1.54, 1.807) is 0 Å². The zero-order valence-electron chi connectivity index (χ0n) is 8.93. The molecule has 0 atom stereocenters. The van der Waals surface area contributed by atoms with Crippen LogP contribution in [0.1, 0.15) is 0 Å². The first kappa shape index (κ1) is 12.5. The topological polar surface area (TPSA) is 87.2 Å². The zero-order valence-corrected chi connectivity index (χ0v) is 10.5. The van der Waals surface area contributed by atoms with Gasteiger partial charge in [-0.15, -0.1) is 0 Å². The second-order valence-corrected chi connectivity index (χ2v) is 5.52. The van der Waals surface area contributed by atoms with Gasteiger partial charge in [-0.05, 0) is 6.07 Å². The number of rotatable bonds is 3. The summed E-state index contributed by atoms with van der Waals surface area (Å²) in [7, 11) is -3.59. The molecule has 0 amide bonds. The summed E-state index contributed by atoms with van der Waals surface area (Å²) < 4.78 is 27.5. The maximum atomic E-state index is 11.9. The number of piperazine rings is 1. The SMILES string of the molecule is O=S(=O)(Nc1nccc(Cl)n1)N1CCNCC1. The van der Waals surface area contributed by atoms with Crippen molar-refractivity contribution in [3.05, 3.63) is 17.4 Å². The molecule has 0 bridgehead atoms. The van der Waals surface area contributed by atoms with Gasteiger partial charge in [-0.1, -0.05) is 11.6 Å². The Bertz CT molecular complexity index is 488. The normalized spacial score (nSPS) is 17.9. The number of hydrogen-bond donors (Lipinski definition) is 2. The van der Waals surface area contributed by atoms with Gasteiger partial charge in [0.15, 0.2) is 0 Å². The molecule has 0 aliphatic carbocycles. The highest BCUT2D eigenvalue weighted by Crippen LogP contribution is 2.10. The van der Waals surface area contributed by atoms with Crippen molar-refractivity contribution in [2.75, 3.05) is 30.9 Å². The number of nitrogens with zero attached hydrogens (tertiary/aromatic N) is 3. The van der Waals surface area contributed by atoms with Crippen molar-refractivity contribution < 1.29 is 8.42 Å². The molecule has 94 valence electrons. The van der Waals surface area contributed by atoms with Gasteiger partial charge < -0.3 is 5.32 Å². The highest BCUT2D eigenvalue weighted by molar-refractivity contribution is 7.90. The third kappa shape index (κ3) is 3.25. The molecule has 2 heterocycles. The molecular formula is C8H12ClN5O2S. The lowest BCUT2D eigenvalue weighted by molar-refractivity contribution is 0.362. The van der Waals surface area contributed by atoms with Crippen LogP contribution in [0, 0.1) is 0 Å². The van der Waals surface area contributed by atoms with Gasteiger partial charge in [0.05, 0.1) is 0 Å². The van der Waals surface area contributed by atoms with Gasteiger partial charge in [-0.2, -0.15) is 12.7 Å². The van der Waals surface area contributed by atoms with Crippen LogP contribution >= 0.6 is 11.6 Å². The standard InChI is InChI=1S/C8H12ClN5O2S/c9-7-1-2-11-8(12-7)13-17(15,16)14-5-3-10-4-6-14/h1-2,10H,3-6H2,(H,11,12,13). The van der Waals surface area contributed by atoms with Gasteiger partial charge in [-0.3, -0.25) is 0 Å². The molecule has 1 aliphatic heterocycles. The highest BCUT2D eigenvalue weighted by atomic mass is 35.5. The van der Waals surface area contributed by atoms with Crippen molar-refractivity contribution >= 4 is 27.8 Å². The summed E-state index contributed by atoms with van der Waals surface area (Å²) in [6.07, 6.45) is 1.39. The van der Waals surface area contributed by atoms with Crippen LogP contribution < -0.4 is 10.0 Å². The van der Waals surface area contributed by atoms with Crippen LogP contribution in [0.15, 0.2) is 12.3 Å². The Morgan fingerprint density at radius 3 is 2.76 bits per heavy atom. The minimum atomic E-state index is -3.59. The summed E-state index contributed by atoms with van der Waals surface area (Å²) in [5, 5.41) is 3.27. The fourth-order valence-electron chi connectivity index (χ4n) is 1.45. The van der Waals surface area contributed by atoms with Crippen LogP contribution in [-0.2, 0) is 10.2 Å². The Morgan fingerprint density at radius 2 is 2.12 bits per heavy atom. The Kier molecular flexibility index (Phi) is 3.77. The predicted octanol–water partition coefficient (Wildman–Crippen LogP) is -0.308. The van der Waals surface area contributed by atoms with Gasteiger partial charge in [-0.25, -0.2) is 14.7 Å². The van der Waals surface area contributed by atoms with E-state index in [0.29, 0.717) is 26.2 Å². The van der Waals surface area contributed by atoms with Gasteiger partial charge in [0.1, 0.15) is 5.15 Å². The number of halogens is 1. The smallest absolute Gasteiger partial charge is 0.304 e. The molecular weight excluding hydrogens is 266 g/mol. The van der Waals surface area contributed by atoms with Crippen molar-refractivity contribution in [3.8, 4) is 0 Å². The van der Waals surface area contributed by atoms with Crippen LogP contribution in [0.5, 0.6) is 0 Å². The van der Waals surface area contributed by atoms with E-state index in [1.807, 2.05) is 0 Å². The lowest BCUT2D eigenvalue weighted by Gasteiger charge is -2.26. The molecule has 0 unspecified atom stereocenters. The largest absolute Gasteiger partial charge is 0.314 e. The van der Waals surface area contributed by atoms with Crippen LogP contribution in [0.25, 0.3) is 0 Å². The third-order valence-corrected chi connectivity index (χ3v) is 3.95. The van der Waals surface area contributed by atoms with Crippen molar-refractivity contribution in [2.45, 2.75) is 0 Å². The molecule has 2 rings (SSSR count). The first-order valence-corrected chi connectivity index (χ1v) is 6.87. The monoisotopic (exact) mass is 277 g/mol. The third-order valence-electron chi connectivity index (χ3n) is 2.26. The maximum Gasteiger partial charge on any atom is 0.304 e. The Labute approximate surface area is 104 Å². The number of anilines is 1. The fraction of sp³-hybridized carbons (Fsp3) is 0.500. The van der Waals surface area contributed by atoms with Gasteiger partial charge >= 0.3 is 10.2 Å². The molecule has 7 nitrogen and oxygen atoms in total. The van der Waals surface area contributed by atoms with Crippen molar-refractivity contribution in [1.82, 2.24) is 19.6 Å². The summed E-state index contributed by atoms with van der Waals surface area (Å²) in [5.41, 5.74) is 0. The molecule has 0 radical (unpaired) electrons. The molecule has 2 N–H and O–H groups in total. The van der Waals surface area contributed by atoms with Crippen molar-refractivity contribution in [1.29, 1.82) is 0 Å². The van der Waals surface area contributed by atoms with Gasteiger partial charge in [0, 0.05) is 32.4 Å². The van der Waals surface area contributed by atoms with E-state index in [2.05, 4.69) is 20.0 Å². The Hall–Kier alpha value is -0.960. The molecule has 0 saturated carbocycles. The molecule has 1 fully saturated rings. The Balaban J connectivity index is 2.11. The van der Waals surface area contributed by atoms with Crippen LogP contribution in [-0.4, -0.2) is 48.9 Å². The lowest BCUT2D eigenvalue weighted by atomic mass is 10.4. The predicted molar refractivity (Wildman–Crippen MR) is 64.0 cm³/mol. The highest BCUT2D eigenvalue weighted by Gasteiger charge is 2.24. The van der Waals surface area contributed by atoms with Crippen LogP contribution in [0.3, 0.4) is 0 Å². The lowest BCUT2D eigenvalue weighted by Crippen LogP contribution is -2.48. The van der Waals surface area contributed by atoms with E-state index in [1.165, 1.54) is 16.6 Å². The molecule has 17 heavy (non-hydrogen) atoms. The molecule has 1 aromatic rings. The maximum absolute atomic E-state index is 11.9. The first-order chi connectivity index (χ1) is 8.08. The van der Waals surface area contributed by atoms with Crippen LogP contribution in [0.4, 0.5) is 5.95 Å². The zero-order chi connectivity index (χ0) is 12.3. The minimum absolute atomic E-state index is 0.0176. The Morgan fingerprint density at radius 1 is 1.41 bits per heavy atom. The minimum Gasteiger partial charge on any atom is -0.314 e. The average molecular weight is 278 g/mol. The number of aromatic nitrogens is 2. The van der Waals surface area contributed by atoms with E-state index in [-0.39, 0.29) is 11.1 Å². The molecule has 0 aromatic carbocycles. The fourth-order valence-corrected chi connectivity index (χ4v) is 2.71. The van der Waals surface area contributed by atoms with Gasteiger partial charge in [0.2, 0.25) is 5.95 Å². The molecule has 1 saturated heterocycles. The average Bonchev–Trinajstić information content (AvgIpc) is 2.29. The second-order valence-electron chi connectivity index (χ2n) is 3.46. The summed E-state index contributed by atoms with van der Waals surface area (Å²) >= 11 is 5.65. The van der Waals surface area contributed by atoms with E-state index in [9.17, 15) is 8.42 Å². The van der Waals surface area contributed by atoms with E-state index in [4.69, 9.17) is 11.6 Å². The molecule has 1 aliphatic rings. The second kappa shape index (κ2) is 5.13. The van der Waals surface area contributed by atoms with E-state index < -0.39 is 10.2 Å². The van der Waals surface area contributed by atoms with Crippen molar-refractivity contribution in [3.63, 3.8) is 0 Å². The number of nitrogens with one attached hydrogen (secondary N) is 2. The molecule has 9 heteroatoms. The van der Waals surface area contributed by atoms with Gasteiger partial charge in [0.25, 0.3) is 0 Å². The quantitative estimate of drug-likeness (QED) is 0.740. The summed E-state index contributed by atoms with van der Waals surface area (Å²) in [5.74, 6) is -0.0176. The summed E-state index contributed by atoms with van der Waals surface area (Å²) in [4.78, 5) is 7.57. The van der Waals surface area contributed by atoms with Crippen molar-refractivity contribution in [2.24, 2.45) is 0 Å². The summed E-state index contributed by atoms with van der Waals surface area (Å²) in [6.45, 7) is 2.13. The van der Waals surface area contributed by atoms with E-state index >= 15 is 0 Å².